The number of hydrogen-bond acceptors (Lipinski definition) is 6. The second-order valence-electron chi connectivity index (χ2n) is 10.7. The van der Waals surface area contributed by atoms with Crippen LogP contribution in [0.25, 0.3) is 17.0 Å². The Morgan fingerprint density at radius 1 is 1.05 bits per heavy atom. The van der Waals surface area contributed by atoms with Crippen LogP contribution < -0.4 is 15.5 Å². The van der Waals surface area contributed by atoms with Crippen LogP contribution in [0.3, 0.4) is 0 Å². The minimum atomic E-state index is -0.449. The Morgan fingerprint density at radius 2 is 1.81 bits per heavy atom. The molecule has 2 amide bonds. The van der Waals surface area contributed by atoms with Crippen molar-refractivity contribution >= 4 is 28.8 Å². The fourth-order valence-electron chi connectivity index (χ4n) is 5.46. The summed E-state index contributed by atoms with van der Waals surface area (Å²) in [6.07, 6.45) is 5.07. The zero-order chi connectivity index (χ0) is 29.3. The lowest BCUT2D eigenvalue weighted by Gasteiger charge is -2.38. The lowest BCUT2D eigenvalue weighted by atomic mass is 9.88. The van der Waals surface area contributed by atoms with E-state index in [1.807, 2.05) is 55.5 Å². The van der Waals surface area contributed by atoms with Crippen LogP contribution in [0.5, 0.6) is 5.75 Å². The van der Waals surface area contributed by atoms with E-state index < -0.39 is 5.91 Å². The van der Waals surface area contributed by atoms with E-state index in [4.69, 9.17) is 9.94 Å². The standard InChI is InChI=1S/C34H36N4O4/c1-24-20-28(30-11-5-6-12-31(30)35-24)23-42-29-15-13-26(14-16-29)34(40)36-32-22-38(19-17-27(32)21-33(39)37-41)18-7-10-25-8-3-2-4-9-25/h2-16,20,27,32,41H,17-19,21-23H2,1H3,(H,36,40)(H,37,39)/b10-7+/t27-,32+/m0/s1. The molecule has 4 aromatic rings. The zero-order valence-corrected chi connectivity index (χ0v) is 23.7. The number of rotatable bonds is 10. The minimum Gasteiger partial charge on any atom is -0.489 e. The van der Waals surface area contributed by atoms with Gasteiger partial charge in [0.05, 0.1) is 5.52 Å². The number of ether oxygens (including phenoxy) is 1. The van der Waals surface area contributed by atoms with Gasteiger partial charge >= 0.3 is 0 Å². The first-order valence-electron chi connectivity index (χ1n) is 14.2. The molecule has 2 heterocycles. The van der Waals surface area contributed by atoms with Gasteiger partial charge in [-0.25, -0.2) is 5.48 Å². The molecule has 0 spiro atoms. The van der Waals surface area contributed by atoms with Gasteiger partial charge < -0.3 is 10.1 Å². The number of carbonyl (C=O) groups is 2. The molecule has 1 saturated heterocycles. The number of aryl methyl sites for hydroxylation is 1. The molecular formula is C34H36N4O4. The Bertz CT molecular complexity index is 1540. The topological polar surface area (TPSA) is 104 Å². The average Bonchev–Trinajstić information content (AvgIpc) is 3.01. The molecule has 5 rings (SSSR count). The Balaban J connectivity index is 1.21. The van der Waals surface area contributed by atoms with Crippen molar-refractivity contribution in [1.29, 1.82) is 0 Å². The fraction of sp³-hybridized carbons (Fsp3) is 0.265. The second kappa shape index (κ2) is 13.9. The maximum atomic E-state index is 13.3. The minimum absolute atomic E-state index is 0.0864. The van der Waals surface area contributed by atoms with E-state index in [0.717, 1.165) is 47.2 Å². The molecular weight excluding hydrogens is 528 g/mol. The van der Waals surface area contributed by atoms with Gasteiger partial charge in [0.15, 0.2) is 0 Å². The van der Waals surface area contributed by atoms with Crippen LogP contribution in [0.4, 0.5) is 0 Å². The summed E-state index contributed by atoms with van der Waals surface area (Å²) >= 11 is 0. The molecule has 2 atom stereocenters. The van der Waals surface area contributed by atoms with Crippen molar-refractivity contribution in [3.05, 3.63) is 113 Å². The number of benzene rings is 3. The summed E-state index contributed by atoms with van der Waals surface area (Å²) < 4.78 is 6.06. The van der Waals surface area contributed by atoms with Gasteiger partial charge in [-0.15, -0.1) is 0 Å². The van der Waals surface area contributed by atoms with E-state index in [1.165, 1.54) is 0 Å². The van der Waals surface area contributed by atoms with Gasteiger partial charge in [0, 0.05) is 47.8 Å². The normalized spacial score (nSPS) is 17.3. The monoisotopic (exact) mass is 564 g/mol. The summed E-state index contributed by atoms with van der Waals surface area (Å²) in [4.78, 5) is 32.1. The van der Waals surface area contributed by atoms with Crippen LogP contribution in [-0.2, 0) is 11.4 Å². The first-order chi connectivity index (χ1) is 20.5. The number of hydroxylamine groups is 1. The maximum absolute atomic E-state index is 13.3. The highest BCUT2D eigenvalue weighted by atomic mass is 16.5. The molecule has 0 unspecified atom stereocenters. The number of piperidine rings is 1. The number of fused-ring (bicyclic) bond motifs is 1. The summed E-state index contributed by atoms with van der Waals surface area (Å²) in [6.45, 7) is 4.50. The van der Waals surface area contributed by atoms with E-state index >= 15 is 0 Å². The molecule has 1 aromatic heterocycles. The molecule has 1 fully saturated rings. The van der Waals surface area contributed by atoms with E-state index in [0.29, 0.717) is 24.5 Å². The highest BCUT2D eigenvalue weighted by molar-refractivity contribution is 5.94. The first kappa shape index (κ1) is 29.0. The van der Waals surface area contributed by atoms with Crippen molar-refractivity contribution in [2.75, 3.05) is 19.6 Å². The third-order valence-corrected chi connectivity index (χ3v) is 7.64. The van der Waals surface area contributed by atoms with Crippen molar-refractivity contribution in [1.82, 2.24) is 20.7 Å². The first-order valence-corrected chi connectivity index (χ1v) is 14.2. The summed E-state index contributed by atoms with van der Waals surface area (Å²) in [5, 5.41) is 13.3. The largest absolute Gasteiger partial charge is 0.489 e. The number of aromatic nitrogens is 1. The molecule has 0 aliphatic carbocycles. The zero-order valence-electron chi connectivity index (χ0n) is 23.7. The number of amides is 2. The van der Waals surface area contributed by atoms with Crippen LogP contribution in [0.1, 0.15) is 40.0 Å². The van der Waals surface area contributed by atoms with Crippen molar-refractivity contribution in [2.45, 2.75) is 32.4 Å². The molecule has 3 N–H and O–H groups in total. The third-order valence-electron chi connectivity index (χ3n) is 7.64. The number of nitrogens with one attached hydrogen (secondary N) is 2. The number of nitrogens with zero attached hydrogens (tertiary/aromatic N) is 2. The highest BCUT2D eigenvalue weighted by Gasteiger charge is 2.31. The van der Waals surface area contributed by atoms with Crippen molar-refractivity contribution in [3.63, 3.8) is 0 Å². The van der Waals surface area contributed by atoms with Gasteiger partial charge in [-0.2, -0.15) is 0 Å². The highest BCUT2D eigenvalue weighted by Crippen LogP contribution is 2.24. The van der Waals surface area contributed by atoms with Gasteiger partial charge in [-0.05, 0) is 67.8 Å². The number of carbonyl (C=O) groups excluding carboxylic acids is 2. The molecule has 8 heteroatoms. The Labute approximate surface area is 246 Å². The number of para-hydroxylation sites is 1. The third kappa shape index (κ3) is 7.60. The van der Waals surface area contributed by atoms with Gasteiger partial charge in [-0.3, -0.25) is 24.7 Å². The van der Waals surface area contributed by atoms with Crippen molar-refractivity contribution in [2.24, 2.45) is 5.92 Å². The van der Waals surface area contributed by atoms with Crippen molar-refractivity contribution in [3.8, 4) is 5.75 Å². The van der Waals surface area contributed by atoms with Crippen LogP contribution in [-0.4, -0.2) is 52.6 Å². The Hall–Kier alpha value is -4.53. The smallest absolute Gasteiger partial charge is 0.251 e. The molecule has 0 bridgehead atoms. The van der Waals surface area contributed by atoms with Crippen LogP contribution >= 0.6 is 0 Å². The quantitative estimate of drug-likeness (QED) is 0.182. The van der Waals surface area contributed by atoms with E-state index in [2.05, 4.69) is 39.5 Å². The second-order valence-corrected chi connectivity index (χ2v) is 10.7. The van der Waals surface area contributed by atoms with E-state index in [-0.39, 0.29) is 24.3 Å². The van der Waals surface area contributed by atoms with Crippen LogP contribution in [0.15, 0.2) is 91.0 Å². The van der Waals surface area contributed by atoms with Crippen molar-refractivity contribution < 1.29 is 19.5 Å². The predicted molar refractivity (Wildman–Crippen MR) is 163 cm³/mol. The summed E-state index contributed by atoms with van der Waals surface area (Å²) in [6, 6.07) is 27.0. The molecule has 42 heavy (non-hydrogen) atoms. The fourth-order valence-corrected chi connectivity index (χ4v) is 5.46. The molecule has 1 aliphatic heterocycles. The van der Waals surface area contributed by atoms with Gasteiger partial charge in [0.1, 0.15) is 12.4 Å². The maximum Gasteiger partial charge on any atom is 0.251 e. The average molecular weight is 565 g/mol. The Kier molecular flexibility index (Phi) is 9.59. The Morgan fingerprint density at radius 3 is 2.60 bits per heavy atom. The molecule has 1 aliphatic rings. The number of likely N-dealkylation sites (tertiary alicyclic amines) is 1. The van der Waals surface area contributed by atoms with E-state index in [9.17, 15) is 9.59 Å². The predicted octanol–water partition coefficient (Wildman–Crippen LogP) is 5.15. The summed E-state index contributed by atoms with van der Waals surface area (Å²) in [7, 11) is 0. The lowest BCUT2D eigenvalue weighted by molar-refractivity contribution is -0.130. The molecule has 8 nitrogen and oxygen atoms in total. The summed E-state index contributed by atoms with van der Waals surface area (Å²) in [5.41, 5.74) is 6.30. The van der Waals surface area contributed by atoms with Gasteiger partial charge in [-0.1, -0.05) is 60.7 Å². The number of hydrogen-bond donors (Lipinski definition) is 3. The lowest BCUT2D eigenvalue weighted by Crippen LogP contribution is -2.53. The number of pyridine rings is 1. The van der Waals surface area contributed by atoms with Gasteiger partial charge in [0.2, 0.25) is 5.91 Å². The molecule has 0 saturated carbocycles. The summed E-state index contributed by atoms with van der Waals surface area (Å²) in [5.74, 6) is -0.0814. The van der Waals surface area contributed by atoms with Gasteiger partial charge in [0.25, 0.3) is 5.91 Å². The van der Waals surface area contributed by atoms with Crippen LogP contribution in [0, 0.1) is 12.8 Å². The SMILES string of the molecule is Cc1cc(COc2ccc(C(=O)N[C@@H]3CN(C/C=C/c4ccccc4)CC[C@H]3CC(=O)NO)cc2)c2ccccc2n1. The molecule has 3 aromatic carbocycles. The molecule has 0 radical (unpaired) electrons. The molecule has 216 valence electrons. The van der Waals surface area contributed by atoms with Crippen LogP contribution in [0.2, 0.25) is 0 Å². The van der Waals surface area contributed by atoms with E-state index in [1.54, 1.807) is 29.7 Å².